The zero-order valence-corrected chi connectivity index (χ0v) is 12.3. The molecule has 3 rings (SSSR count). The van der Waals surface area contributed by atoms with Crippen molar-refractivity contribution < 1.29 is 9.53 Å². The molecule has 21 heavy (non-hydrogen) atoms. The van der Waals surface area contributed by atoms with Gasteiger partial charge in [-0.2, -0.15) is 5.10 Å². The van der Waals surface area contributed by atoms with Crippen molar-refractivity contribution in [3.8, 4) is 0 Å². The lowest BCUT2D eigenvalue weighted by molar-refractivity contribution is -0.133. The first-order chi connectivity index (χ1) is 10.1. The van der Waals surface area contributed by atoms with Gasteiger partial charge in [0.2, 0.25) is 5.91 Å². The summed E-state index contributed by atoms with van der Waals surface area (Å²) in [6.07, 6.45) is 2.09. The molecule has 0 radical (unpaired) electrons. The van der Waals surface area contributed by atoms with Gasteiger partial charge < -0.3 is 10.1 Å². The maximum atomic E-state index is 12.4. The average molecular weight is 285 g/mol. The number of nitrogens with one attached hydrogen (secondary N) is 1. The number of carbonyl (C=O) groups is 1. The molecule has 1 amide bonds. The molecular weight excluding hydrogens is 266 g/mol. The second-order valence-corrected chi connectivity index (χ2v) is 5.54. The van der Waals surface area contributed by atoms with E-state index in [1.54, 1.807) is 10.9 Å². The number of benzene rings is 1. The molecule has 1 aromatic heterocycles. The monoisotopic (exact) mass is 285 g/mol. The number of carbonyl (C=O) groups excluding carboxylic acids is 1. The number of rotatable bonds is 4. The Labute approximate surface area is 123 Å². The van der Waals surface area contributed by atoms with E-state index in [1.807, 2.05) is 44.3 Å². The molecule has 1 aromatic carbocycles. The van der Waals surface area contributed by atoms with Crippen LogP contribution < -0.4 is 5.32 Å². The van der Waals surface area contributed by atoms with Crippen molar-refractivity contribution in [3.63, 3.8) is 0 Å². The highest BCUT2D eigenvalue weighted by atomic mass is 16.5. The number of hydrogen-bond donors (Lipinski definition) is 1. The van der Waals surface area contributed by atoms with E-state index < -0.39 is 0 Å². The fourth-order valence-corrected chi connectivity index (χ4v) is 2.58. The minimum Gasteiger partial charge on any atom is -0.376 e. The maximum Gasteiger partial charge on any atom is 0.225 e. The van der Waals surface area contributed by atoms with E-state index in [9.17, 15) is 4.79 Å². The van der Waals surface area contributed by atoms with Gasteiger partial charge in [-0.3, -0.25) is 9.48 Å². The minimum atomic E-state index is -0.380. The summed E-state index contributed by atoms with van der Waals surface area (Å²) in [6.45, 7) is 3.01. The molecule has 0 aliphatic carbocycles. The molecule has 0 saturated carbocycles. The van der Waals surface area contributed by atoms with Crippen molar-refractivity contribution in [2.75, 3.05) is 13.2 Å². The zero-order valence-electron chi connectivity index (χ0n) is 12.3. The van der Waals surface area contributed by atoms with Crippen LogP contribution in [-0.2, 0) is 28.5 Å². The summed E-state index contributed by atoms with van der Waals surface area (Å²) in [5.74, 6) is -0.00162. The molecule has 2 aromatic rings. The first-order valence-corrected chi connectivity index (χ1v) is 7.02. The molecule has 1 fully saturated rings. The molecule has 110 valence electrons. The van der Waals surface area contributed by atoms with Crippen LogP contribution in [0.25, 0.3) is 0 Å². The van der Waals surface area contributed by atoms with Crippen LogP contribution in [0.4, 0.5) is 0 Å². The zero-order chi connectivity index (χ0) is 14.9. The third-order valence-corrected chi connectivity index (χ3v) is 4.09. The Morgan fingerprint density at radius 2 is 2.10 bits per heavy atom. The summed E-state index contributed by atoms with van der Waals surface area (Å²) < 4.78 is 7.12. The van der Waals surface area contributed by atoms with Crippen LogP contribution in [0.3, 0.4) is 0 Å². The number of ether oxygens (including phenoxy) is 1. The predicted octanol–water partition coefficient (Wildman–Crippen LogP) is 1.31. The first kappa shape index (κ1) is 13.8. The number of amides is 1. The second-order valence-electron chi connectivity index (χ2n) is 5.54. The largest absolute Gasteiger partial charge is 0.376 e. The van der Waals surface area contributed by atoms with Gasteiger partial charge in [-0.1, -0.05) is 30.3 Å². The van der Waals surface area contributed by atoms with E-state index in [2.05, 4.69) is 10.4 Å². The average Bonchev–Trinajstić information content (AvgIpc) is 2.76. The Bertz CT molecular complexity index is 645. The van der Waals surface area contributed by atoms with Crippen molar-refractivity contribution in [2.24, 2.45) is 7.05 Å². The van der Waals surface area contributed by atoms with Crippen LogP contribution in [0, 0.1) is 6.92 Å². The Hall–Kier alpha value is -2.14. The number of aromatic nitrogens is 2. The van der Waals surface area contributed by atoms with E-state index in [0.717, 1.165) is 16.8 Å². The SMILES string of the molecule is Cc1c(CC(=O)NC2(c3ccccc3)COC2)cnn1C. The van der Waals surface area contributed by atoms with Crippen molar-refractivity contribution in [1.29, 1.82) is 0 Å². The highest BCUT2D eigenvalue weighted by molar-refractivity contribution is 5.80. The van der Waals surface area contributed by atoms with Gasteiger partial charge in [0, 0.05) is 18.3 Å². The van der Waals surface area contributed by atoms with Gasteiger partial charge in [0.05, 0.1) is 25.8 Å². The van der Waals surface area contributed by atoms with Crippen LogP contribution in [0.1, 0.15) is 16.8 Å². The fraction of sp³-hybridized carbons (Fsp3) is 0.375. The molecule has 5 heteroatoms. The molecule has 1 saturated heterocycles. The molecule has 0 atom stereocenters. The van der Waals surface area contributed by atoms with Gasteiger partial charge >= 0.3 is 0 Å². The fourth-order valence-electron chi connectivity index (χ4n) is 2.58. The Morgan fingerprint density at radius 1 is 1.38 bits per heavy atom. The van der Waals surface area contributed by atoms with Crippen molar-refractivity contribution in [2.45, 2.75) is 18.9 Å². The Kier molecular flexibility index (Phi) is 3.51. The highest BCUT2D eigenvalue weighted by Crippen LogP contribution is 2.29. The number of nitrogens with zero attached hydrogens (tertiary/aromatic N) is 2. The van der Waals surface area contributed by atoms with E-state index in [4.69, 9.17) is 4.74 Å². The third kappa shape index (κ3) is 2.56. The molecule has 0 bridgehead atoms. The molecule has 1 N–H and O–H groups in total. The van der Waals surface area contributed by atoms with Gasteiger partial charge in [0.15, 0.2) is 0 Å². The predicted molar refractivity (Wildman–Crippen MR) is 78.7 cm³/mol. The Balaban J connectivity index is 1.73. The molecule has 5 nitrogen and oxygen atoms in total. The summed E-state index contributed by atoms with van der Waals surface area (Å²) in [4.78, 5) is 12.4. The normalized spacial score (nSPS) is 16.3. The topological polar surface area (TPSA) is 56.1 Å². The first-order valence-electron chi connectivity index (χ1n) is 7.02. The summed E-state index contributed by atoms with van der Waals surface area (Å²) in [5.41, 5.74) is 2.68. The van der Waals surface area contributed by atoms with Gasteiger partial charge in [-0.25, -0.2) is 0 Å². The van der Waals surface area contributed by atoms with E-state index >= 15 is 0 Å². The van der Waals surface area contributed by atoms with Crippen LogP contribution in [0.5, 0.6) is 0 Å². The summed E-state index contributed by atoms with van der Waals surface area (Å²) >= 11 is 0. The minimum absolute atomic E-state index is 0.00162. The lowest BCUT2D eigenvalue weighted by Crippen LogP contribution is -2.59. The van der Waals surface area contributed by atoms with Gasteiger partial charge in [-0.05, 0) is 12.5 Å². The molecule has 1 aliphatic heterocycles. The smallest absolute Gasteiger partial charge is 0.225 e. The summed E-state index contributed by atoms with van der Waals surface area (Å²) in [7, 11) is 1.88. The molecule has 0 spiro atoms. The van der Waals surface area contributed by atoms with Crippen LogP contribution in [0.2, 0.25) is 0 Å². The van der Waals surface area contributed by atoms with Crippen molar-refractivity contribution >= 4 is 5.91 Å². The van der Waals surface area contributed by atoms with E-state index in [0.29, 0.717) is 19.6 Å². The molecule has 2 heterocycles. The van der Waals surface area contributed by atoms with Crippen molar-refractivity contribution in [3.05, 3.63) is 53.3 Å². The van der Waals surface area contributed by atoms with Gasteiger partial charge in [0.1, 0.15) is 5.54 Å². The van der Waals surface area contributed by atoms with E-state index in [-0.39, 0.29) is 11.4 Å². The van der Waals surface area contributed by atoms with Gasteiger partial charge in [-0.15, -0.1) is 0 Å². The maximum absolute atomic E-state index is 12.4. The molecule has 0 unspecified atom stereocenters. The highest BCUT2D eigenvalue weighted by Gasteiger charge is 2.41. The number of hydrogen-bond acceptors (Lipinski definition) is 3. The Morgan fingerprint density at radius 3 is 2.62 bits per heavy atom. The lowest BCUT2D eigenvalue weighted by atomic mass is 9.87. The van der Waals surface area contributed by atoms with Crippen LogP contribution >= 0.6 is 0 Å². The second kappa shape index (κ2) is 5.33. The summed E-state index contributed by atoms with van der Waals surface area (Å²) in [5, 5.41) is 7.30. The third-order valence-electron chi connectivity index (χ3n) is 4.09. The standard InChI is InChI=1S/C16H19N3O2/c1-12-13(9-17-19(12)2)8-15(20)18-16(10-21-11-16)14-6-4-3-5-7-14/h3-7,9H,8,10-11H2,1-2H3,(H,18,20). The van der Waals surface area contributed by atoms with Crippen molar-refractivity contribution in [1.82, 2.24) is 15.1 Å². The van der Waals surface area contributed by atoms with E-state index in [1.165, 1.54) is 0 Å². The lowest BCUT2D eigenvalue weighted by Gasteiger charge is -2.42. The molecular formula is C16H19N3O2. The quantitative estimate of drug-likeness (QED) is 0.921. The number of aryl methyl sites for hydroxylation is 1. The van der Waals surface area contributed by atoms with Gasteiger partial charge in [0.25, 0.3) is 0 Å². The summed E-state index contributed by atoms with van der Waals surface area (Å²) in [6, 6.07) is 9.98. The van der Waals surface area contributed by atoms with Crippen LogP contribution in [0.15, 0.2) is 36.5 Å². The molecule has 1 aliphatic rings. The van der Waals surface area contributed by atoms with Crippen LogP contribution in [-0.4, -0.2) is 28.9 Å².